The Kier molecular flexibility index (Phi) is 3.51. The SMILES string of the molecule is Fc1ccc(Nc2nn3c(c2-c2ccncc2)CNCC3)cc1. The van der Waals surface area contributed by atoms with Crippen molar-refractivity contribution in [3.8, 4) is 11.1 Å². The largest absolute Gasteiger partial charge is 0.338 e. The first-order valence-corrected chi connectivity index (χ1v) is 7.54. The fourth-order valence-electron chi connectivity index (χ4n) is 2.83. The fraction of sp³-hybridized carbons (Fsp3) is 0.176. The van der Waals surface area contributed by atoms with E-state index in [1.54, 1.807) is 24.5 Å². The van der Waals surface area contributed by atoms with Gasteiger partial charge in [0.15, 0.2) is 5.82 Å². The van der Waals surface area contributed by atoms with E-state index in [0.717, 1.165) is 48.0 Å². The lowest BCUT2D eigenvalue weighted by atomic mass is 10.1. The number of hydrogen-bond acceptors (Lipinski definition) is 4. The van der Waals surface area contributed by atoms with Crippen LogP contribution in [0, 0.1) is 5.82 Å². The molecule has 1 aliphatic heterocycles. The highest BCUT2D eigenvalue weighted by molar-refractivity contribution is 5.80. The number of hydrogen-bond donors (Lipinski definition) is 2. The van der Waals surface area contributed by atoms with Crippen LogP contribution in [-0.4, -0.2) is 21.3 Å². The number of benzene rings is 1. The van der Waals surface area contributed by atoms with Crippen LogP contribution in [0.25, 0.3) is 11.1 Å². The lowest BCUT2D eigenvalue weighted by Gasteiger charge is -2.16. The summed E-state index contributed by atoms with van der Waals surface area (Å²) in [5.74, 6) is 0.528. The minimum absolute atomic E-state index is 0.252. The van der Waals surface area contributed by atoms with Gasteiger partial charge in [0, 0.05) is 36.7 Å². The Bertz CT molecular complexity index is 811. The summed E-state index contributed by atoms with van der Waals surface area (Å²) in [6.45, 7) is 2.51. The summed E-state index contributed by atoms with van der Waals surface area (Å²) >= 11 is 0. The molecule has 2 N–H and O–H groups in total. The van der Waals surface area contributed by atoms with Crippen LogP contribution < -0.4 is 10.6 Å². The van der Waals surface area contributed by atoms with E-state index in [-0.39, 0.29) is 5.82 Å². The molecule has 0 bridgehead atoms. The number of anilines is 2. The first-order chi connectivity index (χ1) is 11.3. The quantitative estimate of drug-likeness (QED) is 0.781. The predicted molar refractivity (Wildman–Crippen MR) is 86.8 cm³/mol. The average Bonchev–Trinajstić information content (AvgIpc) is 2.95. The maximum Gasteiger partial charge on any atom is 0.160 e. The first kappa shape index (κ1) is 13.9. The summed E-state index contributed by atoms with van der Waals surface area (Å²) in [5.41, 5.74) is 4.08. The van der Waals surface area contributed by atoms with Gasteiger partial charge in [-0.25, -0.2) is 4.39 Å². The molecule has 1 aromatic carbocycles. The van der Waals surface area contributed by atoms with Crippen LogP contribution in [0.5, 0.6) is 0 Å². The molecule has 0 amide bonds. The summed E-state index contributed by atoms with van der Waals surface area (Å²) < 4.78 is 15.1. The van der Waals surface area contributed by atoms with Gasteiger partial charge in [0.1, 0.15) is 5.82 Å². The van der Waals surface area contributed by atoms with Crippen LogP contribution >= 0.6 is 0 Å². The van der Waals surface area contributed by atoms with Gasteiger partial charge in [-0.05, 0) is 42.0 Å². The molecule has 0 saturated carbocycles. The molecule has 3 aromatic rings. The lowest BCUT2D eigenvalue weighted by molar-refractivity contribution is 0.477. The van der Waals surface area contributed by atoms with Crippen LogP contribution in [-0.2, 0) is 13.1 Å². The zero-order chi connectivity index (χ0) is 15.6. The highest BCUT2D eigenvalue weighted by Crippen LogP contribution is 2.33. The standard InChI is InChI=1S/C17H16FN5/c18-13-1-3-14(4-2-13)21-17-16(12-5-7-19-8-6-12)15-11-20-9-10-23(15)22-17/h1-8,20H,9-11H2,(H,21,22). The molecule has 5 nitrogen and oxygen atoms in total. The Morgan fingerprint density at radius 2 is 1.87 bits per heavy atom. The molecular formula is C17H16FN5. The molecule has 0 aliphatic carbocycles. The first-order valence-electron chi connectivity index (χ1n) is 7.54. The van der Waals surface area contributed by atoms with E-state index in [2.05, 4.69) is 15.6 Å². The van der Waals surface area contributed by atoms with Gasteiger partial charge in [-0.3, -0.25) is 9.67 Å². The van der Waals surface area contributed by atoms with E-state index in [0.29, 0.717) is 0 Å². The number of nitrogens with one attached hydrogen (secondary N) is 2. The highest BCUT2D eigenvalue weighted by atomic mass is 19.1. The van der Waals surface area contributed by atoms with Gasteiger partial charge in [-0.15, -0.1) is 0 Å². The third-order valence-electron chi connectivity index (χ3n) is 3.93. The van der Waals surface area contributed by atoms with Crippen molar-refractivity contribution in [3.05, 3.63) is 60.3 Å². The molecule has 2 aromatic heterocycles. The van der Waals surface area contributed by atoms with Crippen molar-refractivity contribution in [1.82, 2.24) is 20.1 Å². The Hall–Kier alpha value is -2.73. The highest BCUT2D eigenvalue weighted by Gasteiger charge is 2.21. The summed E-state index contributed by atoms with van der Waals surface area (Å²) in [5, 5.41) is 11.4. The molecule has 0 atom stereocenters. The Balaban J connectivity index is 1.79. The minimum atomic E-state index is -0.252. The van der Waals surface area contributed by atoms with Crippen molar-refractivity contribution >= 4 is 11.5 Å². The summed E-state index contributed by atoms with van der Waals surface area (Å²) in [6, 6.07) is 10.2. The van der Waals surface area contributed by atoms with Gasteiger partial charge in [0.25, 0.3) is 0 Å². The van der Waals surface area contributed by atoms with Crippen molar-refractivity contribution in [1.29, 1.82) is 0 Å². The third-order valence-corrected chi connectivity index (χ3v) is 3.93. The molecule has 0 spiro atoms. The topological polar surface area (TPSA) is 54.8 Å². The van der Waals surface area contributed by atoms with Gasteiger partial charge in [-0.1, -0.05) is 0 Å². The Morgan fingerprint density at radius 1 is 1.09 bits per heavy atom. The molecule has 0 radical (unpaired) electrons. The lowest BCUT2D eigenvalue weighted by Crippen LogP contribution is -2.28. The number of rotatable bonds is 3. The summed E-state index contributed by atoms with van der Waals surface area (Å²) in [4.78, 5) is 4.09. The van der Waals surface area contributed by atoms with Crippen LogP contribution in [0.4, 0.5) is 15.9 Å². The van der Waals surface area contributed by atoms with Gasteiger partial charge in [-0.2, -0.15) is 5.10 Å². The van der Waals surface area contributed by atoms with Crippen LogP contribution in [0.1, 0.15) is 5.69 Å². The van der Waals surface area contributed by atoms with E-state index < -0.39 is 0 Å². The van der Waals surface area contributed by atoms with Crippen molar-refractivity contribution in [3.63, 3.8) is 0 Å². The van der Waals surface area contributed by atoms with Crippen LogP contribution in [0.15, 0.2) is 48.8 Å². The molecule has 0 unspecified atom stereocenters. The third kappa shape index (κ3) is 2.68. The second-order valence-electron chi connectivity index (χ2n) is 5.44. The number of aromatic nitrogens is 3. The molecular weight excluding hydrogens is 293 g/mol. The van der Waals surface area contributed by atoms with E-state index >= 15 is 0 Å². The zero-order valence-corrected chi connectivity index (χ0v) is 12.5. The Labute approximate surface area is 133 Å². The smallest absolute Gasteiger partial charge is 0.160 e. The van der Waals surface area contributed by atoms with E-state index in [4.69, 9.17) is 5.10 Å². The van der Waals surface area contributed by atoms with Crippen LogP contribution in [0.2, 0.25) is 0 Å². The number of halogens is 1. The van der Waals surface area contributed by atoms with Crippen molar-refractivity contribution < 1.29 is 4.39 Å². The molecule has 1 aliphatic rings. The van der Waals surface area contributed by atoms with Gasteiger partial charge < -0.3 is 10.6 Å². The minimum Gasteiger partial charge on any atom is -0.338 e. The summed E-state index contributed by atoms with van der Waals surface area (Å²) in [7, 11) is 0. The van der Waals surface area contributed by atoms with E-state index in [1.165, 1.54) is 12.1 Å². The van der Waals surface area contributed by atoms with E-state index in [1.807, 2.05) is 16.8 Å². The molecule has 3 heterocycles. The summed E-state index contributed by atoms with van der Waals surface area (Å²) in [6.07, 6.45) is 3.55. The normalized spacial score (nSPS) is 13.6. The number of pyridine rings is 1. The number of nitrogens with zero attached hydrogens (tertiary/aromatic N) is 3. The fourth-order valence-corrected chi connectivity index (χ4v) is 2.83. The molecule has 0 fully saturated rings. The maximum absolute atomic E-state index is 13.1. The van der Waals surface area contributed by atoms with E-state index in [9.17, 15) is 4.39 Å². The van der Waals surface area contributed by atoms with Crippen molar-refractivity contribution in [2.24, 2.45) is 0 Å². The predicted octanol–water partition coefficient (Wildman–Crippen LogP) is 2.93. The maximum atomic E-state index is 13.1. The average molecular weight is 309 g/mol. The Morgan fingerprint density at radius 3 is 2.65 bits per heavy atom. The molecule has 4 rings (SSSR count). The monoisotopic (exact) mass is 309 g/mol. The second-order valence-corrected chi connectivity index (χ2v) is 5.44. The molecule has 6 heteroatoms. The molecule has 0 saturated heterocycles. The van der Waals surface area contributed by atoms with Crippen molar-refractivity contribution in [2.45, 2.75) is 13.1 Å². The van der Waals surface area contributed by atoms with Gasteiger partial charge in [0.2, 0.25) is 0 Å². The number of fused-ring (bicyclic) bond motifs is 1. The van der Waals surface area contributed by atoms with Gasteiger partial charge in [0.05, 0.1) is 12.2 Å². The van der Waals surface area contributed by atoms with Gasteiger partial charge >= 0.3 is 0 Å². The van der Waals surface area contributed by atoms with Crippen LogP contribution in [0.3, 0.4) is 0 Å². The molecule has 23 heavy (non-hydrogen) atoms. The zero-order valence-electron chi connectivity index (χ0n) is 12.5. The molecule has 116 valence electrons. The second kappa shape index (κ2) is 5.81. The van der Waals surface area contributed by atoms with Crippen molar-refractivity contribution in [2.75, 3.05) is 11.9 Å².